The lowest BCUT2D eigenvalue weighted by atomic mass is 9.96. The van der Waals surface area contributed by atoms with Gasteiger partial charge in [-0.1, -0.05) is 12.1 Å². The van der Waals surface area contributed by atoms with Crippen LogP contribution in [0.5, 0.6) is 34.5 Å². The maximum absolute atomic E-state index is 13.6. The Hall–Kier alpha value is -6.21. The lowest BCUT2D eigenvalue weighted by Gasteiger charge is -2.47. The highest BCUT2D eigenvalue weighted by atomic mass is 16.8. The molecule has 7 rings (SSSR count). The largest absolute Gasteiger partial charge is 0.504 e. The molecule has 3 aromatic carbocycles. The van der Waals surface area contributed by atoms with Gasteiger partial charge in [0, 0.05) is 24.6 Å². The molecule has 4 heterocycles. The molecule has 3 fully saturated rings. The number of benzene rings is 3. The average molecular weight is 1030 g/mol. The van der Waals surface area contributed by atoms with E-state index >= 15 is 0 Å². The number of hydrogen-bond acceptors (Lipinski definition) is 24. The van der Waals surface area contributed by atoms with Gasteiger partial charge in [0.15, 0.2) is 53.2 Å². The molecule has 13 N–H and O–H groups in total. The van der Waals surface area contributed by atoms with Gasteiger partial charge in [-0.3, -0.25) is 9.69 Å². The zero-order valence-corrected chi connectivity index (χ0v) is 38.7. The van der Waals surface area contributed by atoms with Gasteiger partial charge in [0.05, 0.1) is 39.7 Å². The number of methoxy groups -OCH3 is 2. The second kappa shape index (κ2) is 23.3. The van der Waals surface area contributed by atoms with Crippen LogP contribution < -0.4 is 19.1 Å². The van der Waals surface area contributed by atoms with Crippen molar-refractivity contribution in [1.82, 2.24) is 0 Å². The molecule has 0 unspecified atom stereocenters. The SMILES string of the molecule is COc1cc(/C=C/C(=O)O[C@H]2[C@H](OC[C@H]3O[C@@H](Oc4cc5c(cc4O)C[C@@H](C(=O)O)N5C(=O)/C=C/c4ccc(O)c(OC)c4)[C@H](O)[C@@H](O)[C@@H]3O)O[C@H](CO)[C@@H](O[C@@H]3O[C@H](CO)[C@@H](O)[C@H](O)[C@H]3O)[C@@H]2O)ccc1O. The van der Waals surface area contributed by atoms with Crippen LogP contribution in [0.1, 0.15) is 16.7 Å². The summed E-state index contributed by atoms with van der Waals surface area (Å²) in [6.07, 6.45) is -23.7. The van der Waals surface area contributed by atoms with E-state index in [0.717, 1.165) is 29.2 Å². The average Bonchev–Trinajstić information content (AvgIpc) is 3.75. The normalized spacial score (nSPS) is 32.3. The smallest absolute Gasteiger partial charge is 0.331 e. The third kappa shape index (κ3) is 11.8. The topological polar surface area (TPSA) is 401 Å². The Kier molecular flexibility index (Phi) is 17.4. The van der Waals surface area contributed by atoms with Crippen LogP contribution in [0, 0.1) is 0 Å². The molecule has 0 aliphatic carbocycles. The van der Waals surface area contributed by atoms with Crippen LogP contribution >= 0.6 is 0 Å². The number of aliphatic carboxylic acids is 1. The second-order valence-corrected chi connectivity index (χ2v) is 17.1. The quantitative estimate of drug-likeness (QED) is 0.0472. The summed E-state index contributed by atoms with van der Waals surface area (Å²) >= 11 is 0. The molecule has 0 aromatic heterocycles. The van der Waals surface area contributed by atoms with E-state index in [1.165, 1.54) is 62.8 Å². The van der Waals surface area contributed by atoms with Crippen LogP contribution in [0.4, 0.5) is 5.69 Å². The summed E-state index contributed by atoms with van der Waals surface area (Å²) in [6, 6.07) is 9.10. The van der Waals surface area contributed by atoms with E-state index < -0.39 is 147 Å². The number of carboxylic acids is 1. The molecule has 26 heteroatoms. The Morgan fingerprint density at radius 1 is 0.630 bits per heavy atom. The summed E-state index contributed by atoms with van der Waals surface area (Å²) in [7, 11) is 2.62. The van der Waals surface area contributed by atoms with Crippen molar-refractivity contribution in [1.29, 1.82) is 0 Å². The number of aliphatic hydroxyl groups is 9. The van der Waals surface area contributed by atoms with Crippen molar-refractivity contribution in [2.24, 2.45) is 0 Å². The third-order valence-electron chi connectivity index (χ3n) is 12.4. The lowest BCUT2D eigenvalue weighted by Crippen LogP contribution is -2.65. The fourth-order valence-corrected chi connectivity index (χ4v) is 8.47. The van der Waals surface area contributed by atoms with Crippen molar-refractivity contribution in [3.63, 3.8) is 0 Å². The molecular weight excluding hydrogens is 978 g/mol. The van der Waals surface area contributed by atoms with E-state index in [4.69, 9.17) is 42.6 Å². The monoisotopic (exact) mass is 1030 g/mol. The van der Waals surface area contributed by atoms with Crippen molar-refractivity contribution in [2.75, 3.05) is 38.9 Å². The van der Waals surface area contributed by atoms with Gasteiger partial charge in [-0.05, 0) is 59.2 Å². The fourth-order valence-electron chi connectivity index (χ4n) is 8.47. The van der Waals surface area contributed by atoms with Crippen LogP contribution in [-0.2, 0) is 49.2 Å². The minimum atomic E-state index is -2.06. The van der Waals surface area contributed by atoms with Crippen LogP contribution in [0.15, 0.2) is 60.7 Å². The van der Waals surface area contributed by atoms with Crippen LogP contribution in [0.25, 0.3) is 12.2 Å². The molecule has 4 aliphatic heterocycles. The number of rotatable bonds is 17. The Morgan fingerprint density at radius 3 is 1.78 bits per heavy atom. The Labute approximate surface area is 413 Å². The molecule has 0 bridgehead atoms. The molecule has 0 radical (unpaired) electrons. The minimum absolute atomic E-state index is 0.0256. The van der Waals surface area contributed by atoms with E-state index in [-0.39, 0.29) is 40.7 Å². The number of aliphatic hydroxyl groups excluding tert-OH is 9. The second-order valence-electron chi connectivity index (χ2n) is 17.1. The zero-order chi connectivity index (χ0) is 53.0. The summed E-state index contributed by atoms with van der Waals surface area (Å²) in [5, 5.41) is 137. The van der Waals surface area contributed by atoms with Crippen molar-refractivity contribution in [2.45, 2.75) is 105 Å². The Bertz CT molecular complexity index is 2500. The van der Waals surface area contributed by atoms with Crippen molar-refractivity contribution in [3.8, 4) is 34.5 Å². The first-order valence-electron chi connectivity index (χ1n) is 22.4. The molecule has 1 amide bonds. The molecule has 398 valence electrons. The first kappa shape index (κ1) is 54.6. The maximum atomic E-state index is 13.6. The molecule has 3 aromatic rings. The molecule has 0 spiro atoms. The van der Waals surface area contributed by atoms with Gasteiger partial charge in [0.2, 0.25) is 6.29 Å². The third-order valence-corrected chi connectivity index (χ3v) is 12.4. The zero-order valence-electron chi connectivity index (χ0n) is 38.7. The van der Waals surface area contributed by atoms with Gasteiger partial charge in [-0.15, -0.1) is 0 Å². The molecule has 73 heavy (non-hydrogen) atoms. The predicted octanol–water partition coefficient (Wildman–Crippen LogP) is -3.03. The van der Waals surface area contributed by atoms with Crippen LogP contribution in [0.3, 0.4) is 0 Å². The maximum Gasteiger partial charge on any atom is 0.331 e. The molecule has 4 aliphatic rings. The number of nitrogens with zero attached hydrogens (tertiary/aromatic N) is 1. The standard InChI is InChI=1S/C47H55NO25/c1-65-27-11-19(3-7-24(27)51)5-9-33(54)48-22-15-29(26(53)14-21(22)13-23(48)44(63)64)68-45-39(60)38(59)36(57)32(71-45)18-67-47-43(72-34(55)10-6-20-4-8-25(52)28(12-20)66-2)41(62)42(31(17-50)70-47)73-46-40(61)37(58)35(56)30(16-49)69-46/h3-12,14-15,23,30-32,35-43,45-47,49-53,56-62H,13,16-18H2,1-2H3,(H,63,64)/b9-5+,10-6+/t23-,30+,31+,32+,35+,36+,37-,38-,39+,40+,41-,42+,43+,45+,46-,47+/m0/s1. The number of carboxylic acid groups (broad SMARTS) is 1. The molecule has 0 saturated carbocycles. The van der Waals surface area contributed by atoms with Crippen LogP contribution in [0.2, 0.25) is 0 Å². The van der Waals surface area contributed by atoms with Crippen molar-refractivity contribution < 1.29 is 123 Å². The Balaban J connectivity index is 1.10. The number of anilines is 1. The molecule has 3 saturated heterocycles. The number of hydrogen-bond donors (Lipinski definition) is 13. The van der Waals surface area contributed by atoms with Gasteiger partial charge < -0.3 is 109 Å². The van der Waals surface area contributed by atoms with Gasteiger partial charge in [-0.25, -0.2) is 9.59 Å². The first-order valence-corrected chi connectivity index (χ1v) is 22.4. The number of phenolic OH excluding ortho intramolecular Hbond substituents is 3. The number of esters is 1. The van der Waals surface area contributed by atoms with Crippen LogP contribution in [-0.4, -0.2) is 216 Å². The van der Waals surface area contributed by atoms with Gasteiger partial charge in [0.1, 0.15) is 73.2 Å². The Morgan fingerprint density at radius 2 is 1.19 bits per heavy atom. The summed E-state index contributed by atoms with van der Waals surface area (Å²) < 4.78 is 50.2. The van der Waals surface area contributed by atoms with E-state index in [9.17, 15) is 80.8 Å². The number of amides is 1. The number of aromatic hydroxyl groups is 3. The molecule has 26 nitrogen and oxygen atoms in total. The summed E-state index contributed by atoms with van der Waals surface area (Å²) in [5.74, 6) is -4.64. The number of ether oxygens (including phenoxy) is 9. The molecular formula is C47H55NO25. The summed E-state index contributed by atoms with van der Waals surface area (Å²) in [5.41, 5.74) is 0.936. The predicted molar refractivity (Wildman–Crippen MR) is 242 cm³/mol. The minimum Gasteiger partial charge on any atom is -0.504 e. The van der Waals surface area contributed by atoms with E-state index in [0.29, 0.717) is 11.1 Å². The number of carbonyl (C=O) groups is 3. The van der Waals surface area contributed by atoms with Gasteiger partial charge in [0.25, 0.3) is 5.91 Å². The van der Waals surface area contributed by atoms with Gasteiger partial charge >= 0.3 is 11.9 Å². The van der Waals surface area contributed by atoms with Crippen molar-refractivity contribution in [3.05, 3.63) is 77.4 Å². The number of fused-ring (bicyclic) bond motifs is 1. The number of phenols is 3. The summed E-state index contributed by atoms with van der Waals surface area (Å²) in [6.45, 7) is -2.65. The first-order chi connectivity index (χ1) is 34.8. The van der Waals surface area contributed by atoms with Crippen molar-refractivity contribution >= 4 is 35.7 Å². The number of carbonyl (C=O) groups excluding carboxylic acids is 2. The van der Waals surface area contributed by atoms with E-state index in [1.54, 1.807) is 0 Å². The van der Waals surface area contributed by atoms with E-state index in [1.807, 2.05) is 0 Å². The van der Waals surface area contributed by atoms with Gasteiger partial charge in [-0.2, -0.15) is 0 Å². The highest BCUT2D eigenvalue weighted by molar-refractivity contribution is 6.09. The molecule has 16 atom stereocenters. The fraction of sp³-hybridized carbons (Fsp3) is 0.468. The highest BCUT2D eigenvalue weighted by Gasteiger charge is 2.53. The summed E-state index contributed by atoms with van der Waals surface area (Å²) in [4.78, 5) is 40.3. The van der Waals surface area contributed by atoms with E-state index in [2.05, 4.69) is 0 Å². The highest BCUT2D eigenvalue weighted by Crippen LogP contribution is 2.42. The lowest BCUT2D eigenvalue weighted by molar-refractivity contribution is -0.363.